The molecule has 146 valence electrons. The average Bonchev–Trinajstić information content (AvgIpc) is 2.98. The number of carbonyl (C=O) groups excluding carboxylic acids is 2. The van der Waals surface area contributed by atoms with Gasteiger partial charge in [-0.1, -0.05) is 0 Å². The van der Waals surface area contributed by atoms with E-state index in [1.807, 2.05) is 13.8 Å². The van der Waals surface area contributed by atoms with Crippen LogP contribution < -0.4 is 14.7 Å². The lowest BCUT2D eigenvalue weighted by atomic mass is 10.1. The Morgan fingerprint density at radius 2 is 1.89 bits per heavy atom. The van der Waals surface area contributed by atoms with Crippen LogP contribution in [0.2, 0.25) is 0 Å². The number of hydrogen-bond acceptors (Lipinski definition) is 6. The van der Waals surface area contributed by atoms with Gasteiger partial charge in [-0.25, -0.2) is 10.0 Å². The number of rotatable bonds is 5. The first-order chi connectivity index (χ1) is 13.4. The monoisotopic (exact) mass is 384 g/mol. The van der Waals surface area contributed by atoms with E-state index in [1.54, 1.807) is 24.3 Å². The molecule has 0 saturated carbocycles. The molecule has 2 N–H and O–H groups in total. The van der Waals surface area contributed by atoms with Gasteiger partial charge < -0.3 is 19.6 Å². The van der Waals surface area contributed by atoms with Gasteiger partial charge in [0, 0.05) is 31.3 Å². The molecule has 0 bridgehead atoms. The summed E-state index contributed by atoms with van der Waals surface area (Å²) in [4.78, 5) is 26.1. The van der Waals surface area contributed by atoms with Crippen LogP contribution in [0.25, 0.3) is 6.08 Å². The second-order valence-corrected chi connectivity index (χ2v) is 6.07. The Labute approximate surface area is 161 Å². The fourth-order valence-electron chi connectivity index (χ4n) is 2.75. The van der Waals surface area contributed by atoms with Crippen LogP contribution in [-0.2, 0) is 0 Å². The van der Waals surface area contributed by atoms with Crippen molar-refractivity contribution in [2.75, 3.05) is 13.1 Å². The number of carbonyl (C=O) groups is 2. The van der Waals surface area contributed by atoms with Crippen LogP contribution in [0.3, 0.4) is 0 Å². The highest BCUT2D eigenvalue weighted by Gasteiger charge is 2.28. The summed E-state index contributed by atoms with van der Waals surface area (Å²) in [5.74, 6) is 0.419. The van der Waals surface area contributed by atoms with Crippen LogP contribution >= 0.6 is 0 Å². The van der Waals surface area contributed by atoms with Gasteiger partial charge in [-0.2, -0.15) is 5.23 Å². The fourth-order valence-corrected chi connectivity index (χ4v) is 2.75. The van der Waals surface area contributed by atoms with Crippen molar-refractivity contribution in [2.45, 2.75) is 13.8 Å². The zero-order valence-corrected chi connectivity index (χ0v) is 15.5. The van der Waals surface area contributed by atoms with Gasteiger partial charge in [-0.05, 0) is 49.8 Å². The van der Waals surface area contributed by atoms with Crippen LogP contribution in [0.15, 0.2) is 48.2 Å². The number of Topliss-reactive ketones (excluding diaryl/α,β-unsaturated/α-hetero) is 1. The third-order valence-electron chi connectivity index (χ3n) is 4.32. The van der Waals surface area contributed by atoms with Gasteiger partial charge in [-0.3, -0.25) is 4.79 Å². The number of ether oxygens (including phenoxy) is 2. The zero-order valence-electron chi connectivity index (χ0n) is 15.5. The quantitative estimate of drug-likeness (QED) is 0.607. The number of fused-ring (bicyclic) bond motifs is 1. The molecule has 28 heavy (non-hydrogen) atoms. The molecule has 3 rings (SSSR count). The van der Waals surface area contributed by atoms with Gasteiger partial charge in [0.2, 0.25) is 5.78 Å². The zero-order chi connectivity index (χ0) is 20.3. The van der Waals surface area contributed by atoms with Gasteiger partial charge in [0.1, 0.15) is 11.5 Å². The van der Waals surface area contributed by atoms with Gasteiger partial charge in [-0.15, -0.1) is 0 Å². The Bertz CT molecular complexity index is 917. The molecule has 0 spiro atoms. The van der Waals surface area contributed by atoms with E-state index in [4.69, 9.17) is 14.7 Å². The molecular formula is C20H20N2O6. The molecule has 8 heteroatoms. The van der Waals surface area contributed by atoms with E-state index >= 15 is 0 Å². The predicted octanol–water partition coefficient (Wildman–Crippen LogP) is 2.55. The first kappa shape index (κ1) is 19.6. The molecule has 1 aliphatic rings. The summed E-state index contributed by atoms with van der Waals surface area (Å²) in [7, 11) is 0. The van der Waals surface area contributed by atoms with Crippen molar-refractivity contribution in [3.63, 3.8) is 0 Å². The summed E-state index contributed by atoms with van der Waals surface area (Å²) in [6, 6.07) is 10.7. The number of nitrogens with one attached hydrogen (secondary N) is 1. The average molecular weight is 384 g/mol. The van der Waals surface area contributed by atoms with Gasteiger partial charge in [0.05, 0.1) is 5.56 Å². The van der Waals surface area contributed by atoms with Crippen molar-refractivity contribution < 1.29 is 29.5 Å². The molecule has 1 amide bonds. The van der Waals surface area contributed by atoms with Crippen LogP contribution in [0, 0.1) is 5.21 Å². The highest BCUT2D eigenvalue weighted by atomic mass is 16.8. The maximum Gasteiger partial charge on any atom is 0.415 e. The van der Waals surface area contributed by atoms with Crippen LogP contribution in [0.1, 0.15) is 29.8 Å². The summed E-state index contributed by atoms with van der Waals surface area (Å²) in [6.07, 6.45) is 1.07. The first-order valence-corrected chi connectivity index (χ1v) is 8.81. The fraction of sp³-hybridized carbons (Fsp3) is 0.200. The Morgan fingerprint density at radius 1 is 1.21 bits per heavy atom. The van der Waals surface area contributed by atoms with Crippen molar-refractivity contribution in [3.8, 4) is 11.5 Å². The van der Waals surface area contributed by atoms with Crippen molar-refractivity contribution in [2.24, 2.45) is 0 Å². The first-order valence-electron chi connectivity index (χ1n) is 8.81. The minimum atomic E-state index is -1.02. The van der Waals surface area contributed by atoms with E-state index in [9.17, 15) is 14.8 Å². The molecule has 1 aliphatic heterocycles. The number of ketones is 1. The molecular weight excluding hydrogens is 364 g/mol. The smallest absolute Gasteiger partial charge is 0.415 e. The number of allylic oxidation sites excluding steroid dienone is 1. The van der Waals surface area contributed by atoms with Gasteiger partial charge >= 0.3 is 6.09 Å². The van der Waals surface area contributed by atoms with E-state index < -0.39 is 11.3 Å². The molecule has 0 aliphatic carbocycles. The van der Waals surface area contributed by atoms with E-state index in [0.29, 0.717) is 30.0 Å². The standard InChI is InChI=1S/C20H20N2O6/c1-3-21(4-2)20(24)27-15-9-10-16-17(12-15)28-18(19(16)23)11-13-5-7-14(8-6-13)22(25)26/h5-12,22,25H,3-4H2,1-2H3. The molecule has 2 aromatic rings. The second-order valence-electron chi connectivity index (χ2n) is 6.07. The summed E-state index contributed by atoms with van der Waals surface area (Å²) < 4.78 is 11.0. The number of benzene rings is 2. The van der Waals surface area contributed by atoms with Gasteiger partial charge in [0.25, 0.3) is 0 Å². The third-order valence-corrected chi connectivity index (χ3v) is 4.32. The Balaban J connectivity index is 1.78. The van der Waals surface area contributed by atoms with Crippen molar-refractivity contribution >= 4 is 23.6 Å². The SMILES string of the molecule is CCN(CC)C(=O)Oc1ccc2c(c1)OC(=Cc1ccc([NH+]([O-])O)cc1)C2=O. The largest absolute Gasteiger partial charge is 0.595 e. The number of hydrogen-bond donors (Lipinski definition) is 2. The molecule has 0 aromatic heterocycles. The molecule has 0 radical (unpaired) electrons. The number of amides is 1. The number of nitrogens with zero attached hydrogens (tertiary/aromatic N) is 1. The van der Waals surface area contributed by atoms with E-state index in [1.165, 1.54) is 29.2 Å². The van der Waals surface area contributed by atoms with Crippen molar-refractivity contribution in [1.29, 1.82) is 0 Å². The molecule has 0 saturated heterocycles. The molecule has 0 fully saturated rings. The lowest BCUT2D eigenvalue weighted by Gasteiger charge is -2.17. The maximum atomic E-state index is 12.5. The lowest BCUT2D eigenvalue weighted by Crippen LogP contribution is -2.99. The number of quaternary nitrogens is 1. The Kier molecular flexibility index (Phi) is 5.74. The topological polar surface area (TPSA) is 104 Å². The Hall–Kier alpha value is -3.20. The predicted molar refractivity (Wildman–Crippen MR) is 101 cm³/mol. The normalized spacial score (nSPS) is 15.1. The molecule has 2 aromatic carbocycles. The molecule has 8 nitrogen and oxygen atoms in total. The van der Waals surface area contributed by atoms with Gasteiger partial charge in [0.15, 0.2) is 11.4 Å². The molecule has 1 unspecified atom stereocenters. The molecule has 1 heterocycles. The maximum absolute atomic E-state index is 12.5. The minimum Gasteiger partial charge on any atom is -0.595 e. The van der Waals surface area contributed by atoms with E-state index in [2.05, 4.69) is 0 Å². The van der Waals surface area contributed by atoms with E-state index in [0.717, 1.165) is 0 Å². The van der Waals surface area contributed by atoms with E-state index in [-0.39, 0.29) is 23.0 Å². The van der Waals surface area contributed by atoms with Crippen molar-refractivity contribution in [1.82, 2.24) is 4.90 Å². The minimum absolute atomic E-state index is 0.116. The second kappa shape index (κ2) is 8.22. The lowest BCUT2D eigenvalue weighted by molar-refractivity contribution is -0.991. The highest BCUT2D eigenvalue weighted by Crippen LogP contribution is 2.35. The molecule has 1 atom stereocenters. The summed E-state index contributed by atoms with van der Waals surface area (Å²) >= 11 is 0. The van der Waals surface area contributed by atoms with Crippen LogP contribution in [-0.4, -0.2) is 35.1 Å². The highest BCUT2D eigenvalue weighted by molar-refractivity contribution is 6.14. The Morgan fingerprint density at radius 3 is 2.50 bits per heavy atom. The van der Waals surface area contributed by atoms with Crippen LogP contribution in [0.5, 0.6) is 11.5 Å². The third kappa shape index (κ3) is 4.04. The van der Waals surface area contributed by atoms with Crippen molar-refractivity contribution in [3.05, 3.63) is 64.6 Å². The summed E-state index contributed by atoms with van der Waals surface area (Å²) in [5.41, 5.74) is 1.16. The summed E-state index contributed by atoms with van der Waals surface area (Å²) in [6.45, 7) is 4.77. The summed E-state index contributed by atoms with van der Waals surface area (Å²) in [5, 5.41) is 18.8. The van der Waals surface area contributed by atoms with Crippen LogP contribution in [0.4, 0.5) is 10.5 Å².